The number of primary amides is 1. The Morgan fingerprint density at radius 3 is 2.35 bits per heavy atom. The van der Waals surface area contributed by atoms with Crippen LogP contribution >= 0.6 is 23.1 Å². The van der Waals surface area contributed by atoms with Gasteiger partial charge in [-0.05, 0) is 44.2 Å². The molecule has 1 aromatic carbocycles. The fourth-order valence-corrected chi connectivity index (χ4v) is 5.53. The van der Waals surface area contributed by atoms with E-state index in [1.165, 1.54) is 17.3 Å². The molecule has 0 fully saturated rings. The van der Waals surface area contributed by atoms with Crippen LogP contribution in [-0.4, -0.2) is 44.4 Å². The first-order valence-corrected chi connectivity index (χ1v) is 13.7. The summed E-state index contributed by atoms with van der Waals surface area (Å²) >= 11 is 2.20. The zero-order valence-corrected chi connectivity index (χ0v) is 23.8. The van der Waals surface area contributed by atoms with E-state index in [1.54, 1.807) is 20.8 Å². The second-order valence-electron chi connectivity index (χ2n) is 9.79. The monoisotopic (exact) mass is 543 g/mol. The molecule has 0 saturated carbocycles. The fraction of sp³-hybridized carbons (Fsp3) is 0.423. The number of aromatic nitrogens is 3. The van der Waals surface area contributed by atoms with E-state index < -0.39 is 11.9 Å². The molecule has 0 radical (unpaired) electrons. The third kappa shape index (κ3) is 6.58. The average molecular weight is 544 g/mol. The Morgan fingerprint density at radius 2 is 1.81 bits per heavy atom. The summed E-state index contributed by atoms with van der Waals surface area (Å²) in [5, 5.41) is 12.2. The number of anilines is 1. The van der Waals surface area contributed by atoms with E-state index in [4.69, 9.17) is 10.5 Å². The molecule has 3 N–H and O–H groups in total. The zero-order valence-electron chi connectivity index (χ0n) is 22.2. The van der Waals surface area contributed by atoms with Crippen LogP contribution in [0.1, 0.15) is 72.7 Å². The number of carbonyl (C=O) groups is 3. The number of benzene rings is 1. The van der Waals surface area contributed by atoms with Crippen molar-refractivity contribution < 1.29 is 19.1 Å². The van der Waals surface area contributed by atoms with Gasteiger partial charge in [0.15, 0.2) is 11.0 Å². The Kier molecular flexibility index (Phi) is 8.80. The van der Waals surface area contributed by atoms with Crippen molar-refractivity contribution in [3.63, 3.8) is 0 Å². The molecule has 11 heteroatoms. The number of thiophene rings is 1. The van der Waals surface area contributed by atoms with E-state index in [-0.39, 0.29) is 38.6 Å². The van der Waals surface area contributed by atoms with Gasteiger partial charge in [-0.3, -0.25) is 9.59 Å². The first-order chi connectivity index (χ1) is 17.3. The third-order valence-corrected chi connectivity index (χ3v) is 7.73. The highest BCUT2D eigenvalue weighted by Crippen LogP contribution is 2.34. The van der Waals surface area contributed by atoms with Crippen LogP contribution in [0.2, 0.25) is 0 Å². The summed E-state index contributed by atoms with van der Waals surface area (Å²) < 4.78 is 7.25. The lowest BCUT2D eigenvalue weighted by Crippen LogP contribution is -2.18. The van der Waals surface area contributed by atoms with E-state index in [1.807, 2.05) is 23.6 Å². The van der Waals surface area contributed by atoms with Crippen LogP contribution in [0.4, 0.5) is 5.00 Å². The Morgan fingerprint density at radius 1 is 1.16 bits per heavy atom. The van der Waals surface area contributed by atoms with Crippen LogP contribution in [0.15, 0.2) is 29.4 Å². The van der Waals surface area contributed by atoms with E-state index in [9.17, 15) is 14.4 Å². The van der Waals surface area contributed by atoms with Gasteiger partial charge < -0.3 is 20.4 Å². The molecular weight excluding hydrogens is 510 g/mol. The van der Waals surface area contributed by atoms with Crippen molar-refractivity contribution in [1.82, 2.24) is 14.8 Å². The second-order valence-corrected chi connectivity index (χ2v) is 11.8. The Hall–Kier alpha value is -3.18. The molecule has 2 heterocycles. The number of ether oxygens (including phenoxy) is 1. The summed E-state index contributed by atoms with van der Waals surface area (Å²) in [7, 11) is 0. The summed E-state index contributed by atoms with van der Waals surface area (Å²) in [6.45, 7) is 14.2. The van der Waals surface area contributed by atoms with Crippen molar-refractivity contribution >= 4 is 45.9 Å². The molecule has 37 heavy (non-hydrogen) atoms. The molecule has 0 aliphatic carbocycles. The summed E-state index contributed by atoms with van der Waals surface area (Å²) in [4.78, 5) is 37.5. The van der Waals surface area contributed by atoms with Gasteiger partial charge in [0, 0.05) is 12.1 Å². The summed E-state index contributed by atoms with van der Waals surface area (Å²) in [5.74, 6) is -0.892. The molecule has 0 atom stereocenters. The van der Waals surface area contributed by atoms with Crippen LogP contribution in [0.3, 0.4) is 0 Å². The Balaban J connectivity index is 1.77. The Bertz CT molecular complexity index is 1300. The van der Waals surface area contributed by atoms with Crippen molar-refractivity contribution in [3.05, 3.63) is 45.8 Å². The number of nitrogens with zero attached hydrogens (tertiary/aromatic N) is 3. The molecule has 0 unspecified atom stereocenters. The number of nitrogens with two attached hydrogens (primary N) is 1. The minimum Gasteiger partial charge on any atom is -0.459 e. The van der Waals surface area contributed by atoms with Crippen LogP contribution in [0.25, 0.3) is 11.4 Å². The van der Waals surface area contributed by atoms with Crippen molar-refractivity contribution in [2.75, 3.05) is 11.1 Å². The largest absolute Gasteiger partial charge is 0.459 e. The third-order valence-electron chi connectivity index (χ3n) is 5.54. The van der Waals surface area contributed by atoms with Crippen LogP contribution in [-0.2, 0) is 21.5 Å². The summed E-state index contributed by atoms with van der Waals surface area (Å²) in [5.41, 5.74) is 8.21. The van der Waals surface area contributed by atoms with E-state index in [2.05, 4.69) is 48.4 Å². The minimum absolute atomic E-state index is 0.0304. The smallest absolute Gasteiger partial charge is 0.341 e. The van der Waals surface area contributed by atoms with E-state index in [0.717, 1.165) is 22.7 Å². The highest BCUT2D eigenvalue weighted by molar-refractivity contribution is 7.99. The quantitative estimate of drug-likeness (QED) is 0.286. The maximum Gasteiger partial charge on any atom is 0.341 e. The van der Waals surface area contributed by atoms with E-state index in [0.29, 0.717) is 17.3 Å². The van der Waals surface area contributed by atoms with Gasteiger partial charge in [-0.2, -0.15) is 0 Å². The molecule has 9 nitrogen and oxygen atoms in total. The van der Waals surface area contributed by atoms with Gasteiger partial charge in [0.05, 0.1) is 22.3 Å². The number of hydrogen-bond acceptors (Lipinski definition) is 8. The SMILES string of the molecule is CCn1c(SCC(=O)Nc2sc(C(N)=O)c(C)c2C(=O)OC(C)C)nnc1-c1ccc(C(C)(C)C)cc1. The standard InChI is InChI=1S/C26H33N5O4S2/c1-8-31-22(16-9-11-17(12-10-16)26(5,6)7)29-30-25(31)36-13-18(32)28-23-19(24(34)35-14(2)3)15(4)20(37-23)21(27)33/h9-12,14H,8,13H2,1-7H3,(H2,27,33)(H,28,32). The lowest BCUT2D eigenvalue weighted by Gasteiger charge is -2.19. The lowest BCUT2D eigenvalue weighted by molar-refractivity contribution is -0.113. The first-order valence-electron chi connectivity index (χ1n) is 11.9. The van der Waals surface area contributed by atoms with Crippen LogP contribution in [0.5, 0.6) is 0 Å². The molecule has 3 aromatic rings. The molecule has 0 aliphatic rings. The van der Waals surface area contributed by atoms with Crippen molar-refractivity contribution in [2.24, 2.45) is 5.73 Å². The van der Waals surface area contributed by atoms with Gasteiger partial charge in [0.2, 0.25) is 5.91 Å². The van der Waals surface area contributed by atoms with Crippen molar-refractivity contribution in [1.29, 1.82) is 0 Å². The molecular formula is C26H33N5O4S2. The number of rotatable bonds is 9. The van der Waals surface area contributed by atoms with Crippen LogP contribution in [0, 0.1) is 6.92 Å². The maximum absolute atomic E-state index is 12.8. The van der Waals surface area contributed by atoms with Gasteiger partial charge in [-0.25, -0.2) is 4.79 Å². The molecule has 0 spiro atoms. The first kappa shape index (κ1) is 28.4. The molecule has 0 bridgehead atoms. The molecule has 2 aromatic heterocycles. The highest BCUT2D eigenvalue weighted by Gasteiger charge is 2.26. The predicted molar refractivity (Wildman–Crippen MR) is 147 cm³/mol. The maximum atomic E-state index is 12.8. The lowest BCUT2D eigenvalue weighted by atomic mass is 9.87. The number of thioether (sulfide) groups is 1. The molecule has 198 valence electrons. The van der Waals surface area contributed by atoms with Crippen LogP contribution < -0.4 is 11.1 Å². The van der Waals surface area contributed by atoms with Crippen molar-refractivity contribution in [2.45, 2.75) is 71.7 Å². The minimum atomic E-state index is -0.671. The van der Waals surface area contributed by atoms with Gasteiger partial charge >= 0.3 is 5.97 Å². The molecule has 3 rings (SSSR count). The number of amides is 2. The number of nitrogens with one attached hydrogen (secondary N) is 1. The number of esters is 1. The summed E-state index contributed by atoms with van der Waals surface area (Å²) in [6.07, 6.45) is -0.359. The number of carbonyl (C=O) groups excluding carboxylic acids is 3. The molecule has 2 amide bonds. The topological polar surface area (TPSA) is 129 Å². The number of hydrogen-bond donors (Lipinski definition) is 2. The fourth-order valence-electron chi connectivity index (χ4n) is 3.66. The summed E-state index contributed by atoms with van der Waals surface area (Å²) in [6, 6.07) is 8.25. The van der Waals surface area contributed by atoms with Gasteiger partial charge in [0.1, 0.15) is 5.00 Å². The molecule has 0 aliphatic heterocycles. The average Bonchev–Trinajstić information content (AvgIpc) is 3.37. The second kappa shape index (κ2) is 11.5. The van der Waals surface area contributed by atoms with Crippen molar-refractivity contribution in [3.8, 4) is 11.4 Å². The van der Waals surface area contributed by atoms with Gasteiger partial charge in [0.25, 0.3) is 5.91 Å². The highest BCUT2D eigenvalue weighted by atomic mass is 32.2. The Labute approximate surface area is 225 Å². The predicted octanol–water partition coefficient (Wildman–Crippen LogP) is 5.03. The normalized spacial score (nSPS) is 11.6. The van der Waals surface area contributed by atoms with E-state index >= 15 is 0 Å². The molecule has 0 saturated heterocycles. The van der Waals surface area contributed by atoms with Gasteiger partial charge in [-0.1, -0.05) is 56.8 Å². The zero-order chi connectivity index (χ0) is 27.5. The van der Waals surface area contributed by atoms with Gasteiger partial charge in [-0.15, -0.1) is 21.5 Å².